The Balaban J connectivity index is 2.24. The number of nitrogens with two attached hydrogens (primary N) is 2. The van der Waals surface area contributed by atoms with Crippen molar-refractivity contribution in [2.24, 2.45) is 11.5 Å². The van der Waals surface area contributed by atoms with Crippen molar-refractivity contribution in [3.63, 3.8) is 0 Å². The molecule has 1 aromatic carbocycles. The van der Waals surface area contributed by atoms with Gasteiger partial charge in [-0.1, -0.05) is 17.7 Å². The van der Waals surface area contributed by atoms with E-state index in [9.17, 15) is 13.2 Å². The zero-order valence-electron chi connectivity index (χ0n) is 10.4. The Kier molecular flexibility index (Phi) is 3.09. The van der Waals surface area contributed by atoms with Gasteiger partial charge in [0.2, 0.25) is 5.95 Å². The zero-order valence-corrected chi connectivity index (χ0v) is 11.2. The van der Waals surface area contributed by atoms with Gasteiger partial charge in [0.25, 0.3) is 5.95 Å². The summed E-state index contributed by atoms with van der Waals surface area (Å²) in [5, 5.41) is -0.187. The summed E-state index contributed by atoms with van der Waals surface area (Å²) in [6.07, 6.45) is -1.20. The van der Waals surface area contributed by atoms with Gasteiger partial charge in [-0.2, -0.15) is 13.8 Å². The van der Waals surface area contributed by atoms with Crippen LogP contribution in [-0.4, -0.2) is 11.2 Å². The summed E-state index contributed by atoms with van der Waals surface area (Å²) in [5.74, 6) is -3.19. The third-order valence-electron chi connectivity index (χ3n) is 3.44. The van der Waals surface area contributed by atoms with Gasteiger partial charge in [0.1, 0.15) is 11.4 Å². The molecule has 0 saturated carbocycles. The van der Waals surface area contributed by atoms with Crippen LogP contribution in [0.5, 0.6) is 5.75 Å². The Morgan fingerprint density at radius 1 is 1.24 bits per heavy atom. The molecule has 0 amide bonds. The molecule has 110 valence electrons. The summed E-state index contributed by atoms with van der Waals surface area (Å²) < 4.78 is 45.4. The van der Waals surface area contributed by atoms with Gasteiger partial charge >= 0.3 is 0 Å². The van der Waals surface area contributed by atoms with Gasteiger partial charge in [0.05, 0.1) is 5.02 Å². The van der Waals surface area contributed by atoms with Gasteiger partial charge in [-0.05, 0) is 17.7 Å². The molecule has 4 nitrogen and oxygen atoms in total. The maximum atomic E-state index is 13.7. The molecule has 3 rings (SSSR count). The second-order valence-corrected chi connectivity index (χ2v) is 5.06. The van der Waals surface area contributed by atoms with Crippen molar-refractivity contribution in [1.29, 1.82) is 0 Å². The highest BCUT2D eigenvalue weighted by Crippen LogP contribution is 2.44. The molecule has 8 heteroatoms. The van der Waals surface area contributed by atoms with Crippen LogP contribution in [0.25, 0.3) is 0 Å². The zero-order chi connectivity index (χ0) is 15.4. The van der Waals surface area contributed by atoms with E-state index in [-0.39, 0.29) is 21.9 Å². The number of fused-ring (bicyclic) bond motifs is 1. The molecule has 2 atom stereocenters. The number of halogens is 4. The average Bonchev–Trinajstić information content (AvgIpc) is 2.67. The molecule has 0 spiro atoms. The molecule has 0 fully saturated rings. The van der Waals surface area contributed by atoms with Crippen molar-refractivity contribution in [3.05, 3.63) is 58.1 Å². The first-order valence-corrected chi connectivity index (χ1v) is 6.25. The molecule has 2 unspecified atom stereocenters. The number of benzene rings is 1. The SMILES string of the molecule is NC1Oc2c(cc(F)nc2F)C1(N)c1ccc(F)c(Cl)c1. The second-order valence-electron chi connectivity index (χ2n) is 4.65. The number of nitrogens with zero attached hydrogens (tertiary/aromatic N) is 1. The third kappa shape index (κ3) is 1.97. The highest BCUT2D eigenvalue weighted by molar-refractivity contribution is 6.30. The monoisotopic (exact) mass is 315 g/mol. The molecule has 1 aromatic heterocycles. The van der Waals surface area contributed by atoms with Crippen molar-refractivity contribution < 1.29 is 17.9 Å². The fraction of sp³-hybridized carbons (Fsp3) is 0.154. The highest BCUT2D eigenvalue weighted by atomic mass is 35.5. The number of aromatic nitrogens is 1. The van der Waals surface area contributed by atoms with Crippen molar-refractivity contribution in [3.8, 4) is 5.75 Å². The van der Waals surface area contributed by atoms with E-state index >= 15 is 0 Å². The first kappa shape index (κ1) is 14.1. The lowest BCUT2D eigenvalue weighted by molar-refractivity contribution is 0.171. The lowest BCUT2D eigenvalue weighted by Gasteiger charge is -2.28. The summed E-state index contributed by atoms with van der Waals surface area (Å²) in [6, 6.07) is 4.59. The van der Waals surface area contributed by atoms with Gasteiger partial charge in [0, 0.05) is 11.6 Å². The summed E-state index contributed by atoms with van der Waals surface area (Å²) in [5.41, 5.74) is 10.7. The predicted octanol–water partition coefficient (Wildman–Crippen LogP) is 2.03. The lowest BCUT2D eigenvalue weighted by atomic mass is 9.84. The molecule has 4 N–H and O–H groups in total. The predicted molar refractivity (Wildman–Crippen MR) is 69.1 cm³/mol. The van der Waals surface area contributed by atoms with Crippen molar-refractivity contribution >= 4 is 11.6 Å². The minimum atomic E-state index is -1.57. The van der Waals surface area contributed by atoms with Gasteiger partial charge in [-0.15, -0.1) is 0 Å². The molecule has 1 aliphatic rings. The fourth-order valence-corrected chi connectivity index (χ4v) is 2.52. The first-order chi connectivity index (χ1) is 9.84. The van der Waals surface area contributed by atoms with Gasteiger partial charge in [-0.25, -0.2) is 4.39 Å². The highest BCUT2D eigenvalue weighted by Gasteiger charge is 2.48. The van der Waals surface area contributed by atoms with Crippen LogP contribution in [0.4, 0.5) is 13.2 Å². The van der Waals surface area contributed by atoms with E-state index in [4.69, 9.17) is 27.8 Å². The Bertz CT molecular complexity index is 743. The van der Waals surface area contributed by atoms with Crippen molar-refractivity contribution in [2.45, 2.75) is 11.8 Å². The van der Waals surface area contributed by atoms with E-state index in [0.717, 1.165) is 12.1 Å². The van der Waals surface area contributed by atoms with E-state index in [1.165, 1.54) is 12.1 Å². The number of hydrogen-bond donors (Lipinski definition) is 2. The van der Waals surface area contributed by atoms with Crippen LogP contribution >= 0.6 is 11.6 Å². The van der Waals surface area contributed by atoms with E-state index in [1.807, 2.05) is 0 Å². The minimum Gasteiger partial charge on any atom is -0.468 e. The quantitative estimate of drug-likeness (QED) is 0.790. The Hall–Kier alpha value is -1.83. The van der Waals surface area contributed by atoms with E-state index in [2.05, 4.69) is 4.98 Å². The Morgan fingerprint density at radius 2 is 1.95 bits per heavy atom. The smallest absolute Gasteiger partial charge is 0.258 e. The van der Waals surface area contributed by atoms with Crippen LogP contribution in [0.1, 0.15) is 11.1 Å². The van der Waals surface area contributed by atoms with Crippen LogP contribution in [-0.2, 0) is 5.54 Å². The maximum Gasteiger partial charge on any atom is 0.258 e. The number of hydrogen-bond acceptors (Lipinski definition) is 4. The molecular weight excluding hydrogens is 307 g/mol. The van der Waals surface area contributed by atoms with E-state index in [1.54, 1.807) is 0 Å². The Morgan fingerprint density at radius 3 is 2.62 bits per heavy atom. The van der Waals surface area contributed by atoms with Crippen LogP contribution < -0.4 is 16.2 Å². The minimum absolute atomic E-state index is 0.0114. The molecule has 1 aliphatic heterocycles. The molecule has 0 bridgehead atoms. The lowest BCUT2D eigenvalue weighted by Crippen LogP contribution is -2.52. The summed E-state index contributed by atoms with van der Waals surface area (Å²) in [4.78, 5) is 3.02. The van der Waals surface area contributed by atoms with Gasteiger partial charge in [-0.3, -0.25) is 5.73 Å². The van der Waals surface area contributed by atoms with Crippen molar-refractivity contribution in [2.75, 3.05) is 0 Å². The summed E-state index contributed by atoms with van der Waals surface area (Å²) >= 11 is 5.72. The van der Waals surface area contributed by atoms with Gasteiger partial charge in [0.15, 0.2) is 12.0 Å². The second kappa shape index (κ2) is 4.59. The third-order valence-corrected chi connectivity index (χ3v) is 3.73. The molecule has 0 aliphatic carbocycles. The van der Waals surface area contributed by atoms with Gasteiger partial charge < -0.3 is 10.5 Å². The number of rotatable bonds is 1. The van der Waals surface area contributed by atoms with E-state index in [0.29, 0.717) is 0 Å². The maximum absolute atomic E-state index is 13.7. The standard InChI is InChI=1S/C13H9ClF3N3O/c14-7-3-5(1-2-8(7)15)13(19)6-4-9(16)20-11(17)10(6)21-12(13)18/h1-4,12H,18-19H2. The van der Waals surface area contributed by atoms with Crippen molar-refractivity contribution in [1.82, 2.24) is 4.98 Å². The molecular formula is C13H9ClF3N3O. The molecule has 2 aromatic rings. The first-order valence-electron chi connectivity index (χ1n) is 5.87. The fourth-order valence-electron chi connectivity index (χ4n) is 2.34. The normalized spacial score (nSPS) is 23.8. The molecule has 21 heavy (non-hydrogen) atoms. The topological polar surface area (TPSA) is 74.2 Å². The van der Waals surface area contributed by atoms with Crippen LogP contribution in [0.3, 0.4) is 0 Å². The molecule has 0 saturated heterocycles. The summed E-state index contributed by atoms with van der Waals surface area (Å²) in [7, 11) is 0. The molecule has 0 radical (unpaired) electrons. The average molecular weight is 316 g/mol. The Labute approximate surface area is 122 Å². The van der Waals surface area contributed by atoms with E-state index < -0.39 is 29.5 Å². The largest absolute Gasteiger partial charge is 0.468 e. The van der Waals surface area contributed by atoms with Crippen LogP contribution in [0.15, 0.2) is 24.3 Å². The van der Waals surface area contributed by atoms with Crippen LogP contribution in [0.2, 0.25) is 5.02 Å². The number of ether oxygens (including phenoxy) is 1. The molecule has 2 heterocycles. The number of pyridine rings is 1. The summed E-state index contributed by atoms with van der Waals surface area (Å²) in [6.45, 7) is 0. The van der Waals surface area contributed by atoms with Crippen LogP contribution in [0, 0.1) is 17.7 Å².